The monoisotopic (exact) mass is 377 g/mol. The van der Waals surface area contributed by atoms with Crippen molar-refractivity contribution in [1.82, 2.24) is 5.32 Å². The Bertz CT molecular complexity index is 519. The number of hydrogen-bond donors (Lipinski definition) is 1. The van der Waals surface area contributed by atoms with Gasteiger partial charge in [0.25, 0.3) is 0 Å². The Hall–Kier alpha value is -0.0600. The Balaban J connectivity index is 2.01. The Labute approximate surface area is 136 Å². The van der Waals surface area contributed by atoms with Gasteiger partial charge in [0.15, 0.2) is 0 Å². The van der Waals surface area contributed by atoms with E-state index >= 15 is 0 Å². The molecule has 0 spiro atoms. The van der Waals surface area contributed by atoms with E-state index in [0.717, 1.165) is 26.8 Å². The van der Waals surface area contributed by atoms with Crippen molar-refractivity contribution >= 4 is 50.5 Å². The van der Waals surface area contributed by atoms with Crippen LogP contribution in [0, 0.1) is 0 Å². The van der Waals surface area contributed by atoms with Gasteiger partial charge in [-0.15, -0.1) is 11.3 Å². The number of benzene rings is 1. The van der Waals surface area contributed by atoms with Crippen molar-refractivity contribution in [1.29, 1.82) is 0 Å². The van der Waals surface area contributed by atoms with Gasteiger partial charge in [-0.25, -0.2) is 0 Å². The van der Waals surface area contributed by atoms with E-state index in [1.165, 1.54) is 10.4 Å². The first-order valence-electron chi connectivity index (χ1n) is 6.02. The Morgan fingerprint density at radius 2 is 1.95 bits per heavy atom. The lowest BCUT2D eigenvalue weighted by molar-refractivity contribution is 0.522. The van der Waals surface area contributed by atoms with Gasteiger partial charge >= 0.3 is 0 Å². The number of thiophene rings is 1. The molecule has 0 aliphatic rings. The number of halogens is 3. The standard InChI is InChI=1S/C14H14BrCl2NS/c1-2-13(9-3-5-10(16)6-4-9)18-8-11-7-12(15)14(17)19-11/h3-7,13,18H,2,8H2,1H3. The molecule has 0 aliphatic heterocycles. The summed E-state index contributed by atoms with van der Waals surface area (Å²) in [7, 11) is 0. The number of nitrogens with one attached hydrogen (secondary N) is 1. The summed E-state index contributed by atoms with van der Waals surface area (Å²) in [5, 5.41) is 4.32. The van der Waals surface area contributed by atoms with Crippen molar-refractivity contribution in [3.8, 4) is 0 Å². The zero-order chi connectivity index (χ0) is 13.8. The Morgan fingerprint density at radius 3 is 2.47 bits per heavy atom. The molecule has 0 bridgehead atoms. The van der Waals surface area contributed by atoms with Crippen LogP contribution in [0.25, 0.3) is 0 Å². The van der Waals surface area contributed by atoms with E-state index in [4.69, 9.17) is 23.2 Å². The first-order valence-corrected chi connectivity index (χ1v) is 8.39. The van der Waals surface area contributed by atoms with Gasteiger partial charge in [-0.3, -0.25) is 0 Å². The smallest absolute Gasteiger partial charge is 0.107 e. The van der Waals surface area contributed by atoms with E-state index in [-0.39, 0.29) is 0 Å². The maximum absolute atomic E-state index is 6.04. The molecule has 0 aliphatic carbocycles. The molecule has 0 amide bonds. The average Bonchev–Trinajstić information content (AvgIpc) is 2.71. The highest BCUT2D eigenvalue weighted by atomic mass is 79.9. The van der Waals surface area contributed by atoms with Gasteiger partial charge in [0.1, 0.15) is 4.34 Å². The molecule has 0 saturated heterocycles. The summed E-state index contributed by atoms with van der Waals surface area (Å²) in [5.41, 5.74) is 1.26. The molecule has 1 nitrogen and oxygen atoms in total. The summed E-state index contributed by atoms with van der Waals surface area (Å²) >= 11 is 17.0. The summed E-state index contributed by atoms with van der Waals surface area (Å²) < 4.78 is 1.77. The molecule has 1 heterocycles. The predicted molar refractivity (Wildman–Crippen MR) is 88.4 cm³/mol. The first-order chi connectivity index (χ1) is 9.10. The van der Waals surface area contributed by atoms with Gasteiger partial charge < -0.3 is 5.32 Å². The fourth-order valence-corrected chi connectivity index (χ4v) is 3.76. The fourth-order valence-electron chi connectivity index (χ4n) is 1.90. The maximum atomic E-state index is 6.04. The van der Waals surface area contributed by atoms with Crippen LogP contribution in [0.3, 0.4) is 0 Å². The molecule has 0 saturated carbocycles. The lowest BCUT2D eigenvalue weighted by Gasteiger charge is -2.17. The SMILES string of the molecule is CCC(NCc1cc(Br)c(Cl)s1)c1ccc(Cl)cc1. The minimum absolute atomic E-state index is 0.330. The van der Waals surface area contributed by atoms with Gasteiger partial charge in [0.2, 0.25) is 0 Å². The van der Waals surface area contributed by atoms with Crippen molar-refractivity contribution < 1.29 is 0 Å². The molecule has 102 valence electrons. The molecule has 1 unspecified atom stereocenters. The summed E-state index contributed by atoms with van der Waals surface area (Å²) in [6.45, 7) is 2.99. The van der Waals surface area contributed by atoms with E-state index in [0.29, 0.717) is 6.04 Å². The molecule has 19 heavy (non-hydrogen) atoms. The second-order valence-corrected chi connectivity index (χ2v) is 7.26. The molecule has 1 N–H and O–H groups in total. The topological polar surface area (TPSA) is 12.0 Å². The first kappa shape index (κ1) is 15.3. The van der Waals surface area contributed by atoms with Gasteiger partial charge in [0.05, 0.1) is 0 Å². The van der Waals surface area contributed by atoms with E-state index in [1.807, 2.05) is 12.1 Å². The molecule has 1 aromatic carbocycles. The molecular formula is C14H14BrCl2NS. The molecule has 1 atom stereocenters. The Morgan fingerprint density at radius 1 is 1.26 bits per heavy atom. The van der Waals surface area contributed by atoms with Crippen LogP contribution in [0.5, 0.6) is 0 Å². The van der Waals surface area contributed by atoms with Crippen LogP contribution in [-0.2, 0) is 6.54 Å². The zero-order valence-corrected chi connectivity index (χ0v) is 14.3. The minimum atomic E-state index is 0.330. The average molecular weight is 379 g/mol. The van der Waals surface area contributed by atoms with Gasteiger partial charge in [0, 0.05) is 27.0 Å². The summed E-state index contributed by atoms with van der Waals surface area (Å²) in [5.74, 6) is 0. The van der Waals surface area contributed by atoms with Crippen LogP contribution in [0.4, 0.5) is 0 Å². The lowest BCUT2D eigenvalue weighted by atomic mass is 10.0. The fraction of sp³-hybridized carbons (Fsp3) is 0.286. The highest BCUT2D eigenvalue weighted by molar-refractivity contribution is 9.10. The number of rotatable bonds is 5. The molecule has 0 radical (unpaired) electrons. The van der Waals surface area contributed by atoms with Gasteiger partial charge in [-0.05, 0) is 46.1 Å². The van der Waals surface area contributed by atoms with E-state index in [9.17, 15) is 0 Å². The normalized spacial score (nSPS) is 12.6. The van der Waals surface area contributed by atoms with E-state index in [1.54, 1.807) is 11.3 Å². The quantitative estimate of drug-likeness (QED) is 0.666. The second kappa shape index (κ2) is 7.09. The van der Waals surface area contributed by atoms with E-state index < -0.39 is 0 Å². The highest BCUT2D eigenvalue weighted by Crippen LogP contribution is 2.32. The van der Waals surface area contributed by atoms with Crippen LogP contribution in [0.2, 0.25) is 9.36 Å². The van der Waals surface area contributed by atoms with E-state index in [2.05, 4.69) is 46.4 Å². The molecule has 5 heteroatoms. The van der Waals surface area contributed by atoms with Crippen molar-refractivity contribution in [3.63, 3.8) is 0 Å². The van der Waals surface area contributed by atoms with Crippen molar-refractivity contribution in [2.75, 3.05) is 0 Å². The van der Waals surface area contributed by atoms with Gasteiger partial charge in [-0.2, -0.15) is 0 Å². The molecule has 2 aromatic rings. The second-order valence-electron chi connectivity index (χ2n) is 4.23. The van der Waals surface area contributed by atoms with Crippen molar-refractivity contribution in [2.24, 2.45) is 0 Å². The van der Waals surface area contributed by atoms with Gasteiger partial charge in [-0.1, -0.05) is 42.3 Å². The van der Waals surface area contributed by atoms with Crippen LogP contribution in [-0.4, -0.2) is 0 Å². The highest BCUT2D eigenvalue weighted by Gasteiger charge is 2.10. The summed E-state index contributed by atoms with van der Waals surface area (Å²) in [6, 6.07) is 10.4. The third-order valence-corrected chi connectivity index (χ3v) is 5.63. The molecule has 0 fully saturated rings. The third-order valence-electron chi connectivity index (χ3n) is 2.90. The van der Waals surface area contributed by atoms with Crippen LogP contribution >= 0.6 is 50.5 Å². The van der Waals surface area contributed by atoms with Crippen molar-refractivity contribution in [3.05, 3.63) is 54.6 Å². The van der Waals surface area contributed by atoms with Crippen LogP contribution < -0.4 is 5.32 Å². The van der Waals surface area contributed by atoms with Crippen LogP contribution in [0.1, 0.15) is 29.8 Å². The maximum Gasteiger partial charge on any atom is 0.107 e. The largest absolute Gasteiger partial charge is 0.305 e. The predicted octanol–water partition coefficient (Wildman–Crippen LogP) is 6.06. The minimum Gasteiger partial charge on any atom is -0.305 e. The summed E-state index contributed by atoms with van der Waals surface area (Å²) in [4.78, 5) is 1.23. The number of hydrogen-bond acceptors (Lipinski definition) is 2. The lowest BCUT2D eigenvalue weighted by Crippen LogP contribution is -2.19. The Kier molecular flexibility index (Phi) is 5.72. The van der Waals surface area contributed by atoms with Crippen LogP contribution in [0.15, 0.2) is 34.8 Å². The van der Waals surface area contributed by atoms with Crippen molar-refractivity contribution in [2.45, 2.75) is 25.9 Å². The summed E-state index contributed by atoms with van der Waals surface area (Å²) in [6.07, 6.45) is 1.03. The molecule has 1 aromatic heterocycles. The third kappa shape index (κ3) is 4.20. The molecular weight excluding hydrogens is 365 g/mol. The molecule has 2 rings (SSSR count). The zero-order valence-electron chi connectivity index (χ0n) is 10.4.